The molecule has 3 saturated heterocycles. The molecule has 6 amide bonds. The number of amides is 6. The monoisotopic (exact) mass is 616 g/mol. The van der Waals surface area contributed by atoms with Crippen LogP contribution in [0.15, 0.2) is 24.3 Å². The highest BCUT2D eigenvalue weighted by Gasteiger charge is 2.46. The Labute approximate surface area is 255 Å². The number of likely N-dealkylation sites (tertiary alicyclic amines) is 3. The van der Waals surface area contributed by atoms with Crippen molar-refractivity contribution in [1.29, 1.82) is 0 Å². The Kier molecular flexibility index (Phi) is 10.5. The summed E-state index contributed by atoms with van der Waals surface area (Å²) in [5.74, 6) is -2.51. The zero-order valence-corrected chi connectivity index (χ0v) is 25.1. The highest BCUT2D eigenvalue weighted by molar-refractivity contribution is 7.80. The van der Waals surface area contributed by atoms with E-state index in [2.05, 4.69) is 23.3 Å². The molecule has 43 heavy (non-hydrogen) atoms. The van der Waals surface area contributed by atoms with Gasteiger partial charge >= 0.3 is 0 Å². The van der Waals surface area contributed by atoms with Gasteiger partial charge in [0.2, 0.25) is 35.4 Å². The Bertz CT molecular complexity index is 1240. The molecule has 3 aliphatic heterocycles. The van der Waals surface area contributed by atoms with Gasteiger partial charge in [0.05, 0.1) is 0 Å². The van der Waals surface area contributed by atoms with E-state index in [1.165, 1.54) is 33.8 Å². The molecule has 234 valence electrons. The number of hydrogen-bond donors (Lipinski definition) is 5. The first-order valence-corrected chi connectivity index (χ1v) is 15.3. The number of thiol groups is 1. The minimum Gasteiger partial charge on any atom is -0.508 e. The number of nitrogens with zero attached hydrogens (tertiary/aromatic N) is 3. The van der Waals surface area contributed by atoms with Crippen LogP contribution in [0, 0.1) is 0 Å². The van der Waals surface area contributed by atoms with Gasteiger partial charge in [-0.3, -0.25) is 28.8 Å². The van der Waals surface area contributed by atoms with Gasteiger partial charge in [0.15, 0.2) is 0 Å². The summed E-state index contributed by atoms with van der Waals surface area (Å²) in [4.78, 5) is 82.4. The summed E-state index contributed by atoms with van der Waals surface area (Å²) >= 11 is 4.06. The number of benzene rings is 1. The van der Waals surface area contributed by atoms with E-state index >= 15 is 0 Å². The molecule has 14 heteroatoms. The van der Waals surface area contributed by atoms with E-state index in [1.807, 2.05) is 0 Å². The van der Waals surface area contributed by atoms with E-state index in [-0.39, 0.29) is 41.6 Å². The van der Waals surface area contributed by atoms with Gasteiger partial charge in [-0.1, -0.05) is 12.1 Å². The van der Waals surface area contributed by atoms with Crippen molar-refractivity contribution >= 4 is 48.1 Å². The molecule has 0 bridgehead atoms. The van der Waals surface area contributed by atoms with E-state index in [0.29, 0.717) is 58.2 Å². The summed E-state index contributed by atoms with van der Waals surface area (Å²) in [5.41, 5.74) is 6.07. The number of hydrogen-bond acceptors (Lipinski definition) is 8. The SMILES string of the molecule is CC(=O)N[C@@H](Cc1ccc(O)cc1)C(=O)N1CCC[C@H]1C(=O)N1CCC[C@H]1C(=O)N1CCC[C@H]1C(=O)N[C@@H](CS)C(N)=O. The number of phenols is 1. The molecule has 3 heterocycles. The van der Waals surface area contributed by atoms with Crippen LogP contribution in [0.2, 0.25) is 0 Å². The molecule has 0 unspecified atom stereocenters. The Morgan fingerprint density at radius 2 is 1.35 bits per heavy atom. The van der Waals surface area contributed by atoms with Crippen molar-refractivity contribution in [2.24, 2.45) is 5.73 Å². The van der Waals surface area contributed by atoms with Crippen molar-refractivity contribution in [2.75, 3.05) is 25.4 Å². The molecule has 0 aromatic heterocycles. The molecule has 0 aliphatic carbocycles. The van der Waals surface area contributed by atoms with Gasteiger partial charge in [-0.05, 0) is 56.2 Å². The molecule has 0 radical (unpaired) electrons. The Morgan fingerprint density at radius 3 is 1.88 bits per heavy atom. The summed E-state index contributed by atoms with van der Waals surface area (Å²) in [7, 11) is 0. The van der Waals surface area contributed by atoms with Crippen LogP contribution in [0.4, 0.5) is 0 Å². The summed E-state index contributed by atoms with van der Waals surface area (Å²) < 4.78 is 0. The summed E-state index contributed by atoms with van der Waals surface area (Å²) in [6.07, 6.45) is 3.28. The highest BCUT2D eigenvalue weighted by atomic mass is 32.1. The molecule has 13 nitrogen and oxygen atoms in total. The molecular weight excluding hydrogens is 576 g/mol. The van der Waals surface area contributed by atoms with E-state index in [4.69, 9.17) is 5.73 Å². The third-order valence-corrected chi connectivity index (χ3v) is 8.74. The first-order chi connectivity index (χ1) is 20.5. The molecule has 3 fully saturated rings. The third kappa shape index (κ3) is 7.40. The van der Waals surface area contributed by atoms with Crippen LogP contribution in [0.5, 0.6) is 5.75 Å². The van der Waals surface area contributed by atoms with Crippen molar-refractivity contribution in [1.82, 2.24) is 25.3 Å². The summed E-state index contributed by atoms with van der Waals surface area (Å²) in [6, 6.07) is 2.15. The Balaban J connectivity index is 1.46. The van der Waals surface area contributed by atoms with Gasteiger partial charge < -0.3 is 36.2 Å². The van der Waals surface area contributed by atoms with Crippen LogP contribution in [-0.2, 0) is 35.2 Å². The van der Waals surface area contributed by atoms with E-state index in [0.717, 1.165) is 5.56 Å². The normalized spacial score (nSPS) is 23.1. The van der Waals surface area contributed by atoms with Gasteiger partial charge in [-0.2, -0.15) is 12.6 Å². The molecule has 5 N–H and O–H groups in total. The lowest BCUT2D eigenvalue weighted by Gasteiger charge is -2.35. The number of nitrogens with two attached hydrogens (primary N) is 1. The quantitative estimate of drug-likeness (QED) is 0.216. The van der Waals surface area contributed by atoms with Crippen LogP contribution in [0.25, 0.3) is 0 Å². The number of primary amides is 1. The highest BCUT2D eigenvalue weighted by Crippen LogP contribution is 2.29. The van der Waals surface area contributed by atoms with E-state index in [9.17, 15) is 33.9 Å². The van der Waals surface area contributed by atoms with Crippen molar-refractivity contribution < 1.29 is 33.9 Å². The molecule has 0 spiro atoms. The fraction of sp³-hybridized carbons (Fsp3) is 0.586. The smallest absolute Gasteiger partial charge is 0.246 e. The minimum atomic E-state index is -0.959. The minimum absolute atomic E-state index is 0.0288. The van der Waals surface area contributed by atoms with Gasteiger partial charge in [0, 0.05) is 38.7 Å². The third-order valence-electron chi connectivity index (χ3n) is 8.37. The zero-order chi connectivity index (χ0) is 31.3. The second-order valence-corrected chi connectivity index (χ2v) is 11.7. The van der Waals surface area contributed by atoms with Crippen LogP contribution in [0.1, 0.15) is 51.0 Å². The number of rotatable bonds is 10. The van der Waals surface area contributed by atoms with Crippen LogP contribution in [0.3, 0.4) is 0 Å². The average molecular weight is 617 g/mol. The van der Waals surface area contributed by atoms with E-state index in [1.54, 1.807) is 12.1 Å². The lowest BCUT2D eigenvalue weighted by molar-refractivity contribution is -0.151. The van der Waals surface area contributed by atoms with Crippen molar-refractivity contribution in [3.05, 3.63) is 29.8 Å². The molecule has 1 aromatic carbocycles. The van der Waals surface area contributed by atoms with Gasteiger partial charge in [0.25, 0.3) is 0 Å². The van der Waals surface area contributed by atoms with Crippen molar-refractivity contribution in [2.45, 2.75) is 82.1 Å². The van der Waals surface area contributed by atoms with Gasteiger partial charge in [-0.15, -0.1) is 0 Å². The number of carbonyl (C=O) groups is 6. The number of nitrogens with one attached hydrogen (secondary N) is 2. The molecule has 3 aliphatic rings. The van der Waals surface area contributed by atoms with E-state index < -0.39 is 42.0 Å². The molecular formula is C29H40N6O7S. The number of phenolic OH excluding ortho intramolecular Hbond substituents is 1. The van der Waals surface area contributed by atoms with Crippen LogP contribution in [-0.4, -0.2) is 111 Å². The maximum atomic E-state index is 13.9. The van der Waals surface area contributed by atoms with Crippen LogP contribution >= 0.6 is 12.6 Å². The summed E-state index contributed by atoms with van der Waals surface area (Å²) in [6.45, 7) is 2.36. The largest absolute Gasteiger partial charge is 0.508 e. The lowest BCUT2D eigenvalue weighted by atomic mass is 10.0. The predicted octanol–water partition coefficient (Wildman–Crippen LogP) is -0.688. The number of carbonyl (C=O) groups excluding carboxylic acids is 6. The first-order valence-electron chi connectivity index (χ1n) is 14.7. The fourth-order valence-electron chi connectivity index (χ4n) is 6.25. The fourth-order valence-corrected chi connectivity index (χ4v) is 6.52. The maximum Gasteiger partial charge on any atom is 0.246 e. The van der Waals surface area contributed by atoms with Crippen molar-refractivity contribution in [3.63, 3.8) is 0 Å². The van der Waals surface area contributed by atoms with Gasteiger partial charge in [-0.25, -0.2) is 0 Å². The molecule has 0 saturated carbocycles. The topological polar surface area (TPSA) is 182 Å². The zero-order valence-electron chi connectivity index (χ0n) is 24.2. The standard InChI is InChI=1S/C29H40N6O7S/c1-17(36)31-20(15-18-8-10-19(37)11-9-18)27(40)34-13-3-6-23(34)29(42)35-14-4-7-24(35)28(41)33-12-2-5-22(33)26(39)32-21(16-43)25(30)38/h8-11,20-24,37,43H,2-7,12-16H2,1H3,(H2,30,38)(H,31,36)(H,32,39)/t20-,21-,22-,23-,24-/m0/s1. The van der Waals surface area contributed by atoms with Crippen molar-refractivity contribution in [3.8, 4) is 5.75 Å². The second-order valence-electron chi connectivity index (χ2n) is 11.3. The molecule has 4 rings (SSSR count). The molecule has 1 aromatic rings. The number of aromatic hydroxyl groups is 1. The lowest BCUT2D eigenvalue weighted by Crippen LogP contribution is -2.58. The maximum absolute atomic E-state index is 13.9. The van der Waals surface area contributed by atoms with Crippen LogP contribution < -0.4 is 16.4 Å². The first kappa shape index (κ1) is 32.1. The molecule has 5 atom stereocenters. The second kappa shape index (κ2) is 14.1. The van der Waals surface area contributed by atoms with Gasteiger partial charge in [0.1, 0.15) is 36.0 Å². The Hall–Kier alpha value is -3.81. The summed E-state index contributed by atoms with van der Waals surface area (Å²) in [5, 5.41) is 14.9. The average Bonchev–Trinajstić information content (AvgIpc) is 3.76. The Morgan fingerprint density at radius 1 is 0.837 bits per heavy atom. The predicted molar refractivity (Wildman–Crippen MR) is 159 cm³/mol.